The van der Waals surface area contributed by atoms with Gasteiger partial charge in [0.25, 0.3) is 5.91 Å². The molecule has 0 bridgehead atoms. The molecule has 4 atom stereocenters. The lowest BCUT2D eigenvalue weighted by molar-refractivity contribution is -0.149. The molecule has 1 aromatic heterocycles. The van der Waals surface area contributed by atoms with E-state index in [0.717, 1.165) is 18.4 Å². The molecule has 244 valence electrons. The van der Waals surface area contributed by atoms with E-state index in [1.165, 1.54) is 18.3 Å². The summed E-state index contributed by atoms with van der Waals surface area (Å²) < 4.78 is 10.9. The fourth-order valence-corrected chi connectivity index (χ4v) is 6.06. The molecule has 2 rings (SSSR count). The van der Waals surface area contributed by atoms with E-state index >= 15 is 0 Å². The van der Waals surface area contributed by atoms with Gasteiger partial charge in [-0.2, -0.15) is 0 Å². The van der Waals surface area contributed by atoms with Crippen LogP contribution < -0.4 is 5.32 Å². The molecular formula is C34H51N3O6S. The summed E-state index contributed by atoms with van der Waals surface area (Å²) in [6.07, 6.45) is 2.88. The first-order valence-corrected chi connectivity index (χ1v) is 16.6. The number of thiazole rings is 1. The zero-order valence-electron chi connectivity index (χ0n) is 27.6. The van der Waals surface area contributed by atoms with Crippen LogP contribution in [0.5, 0.6) is 0 Å². The minimum atomic E-state index is -0.707. The molecule has 1 heterocycles. The number of aromatic nitrogens is 1. The van der Waals surface area contributed by atoms with Crippen LogP contribution in [-0.2, 0) is 30.3 Å². The fraction of sp³-hybridized carbons (Fsp3) is 0.618. The molecule has 10 heteroatoms. The molecule has 0 aliphatic carbocycles. The zero-order valence-corrected chi connectivity index (χ0v) is 28.4. The van der Waals surface area contributed by atoms with E-state index in [-0.39, 0.29) is 41.5 Å². The lowest BCUT2D eigenvalue weighted by atomic mass is 9.95. The number of nitrogens with one attached hydrogen (secondary N) is 1. The van der Waals surface area contributed by atoms with Gasteiger partial charge in [-0.05, 0) is 43.6 Å². The minimum absolute atomic E-state index is 0.0617. The average Bonchev–Trinajstić information content (AvgIpc) is 3.45. The van der Waals surface area contributed by atoms with E-state index in [9.17, 15) is 19.2 Å². The zero-order chi connectivity index (χ0) is 32.8. The molecule has 1 aromatic carbocycles. The van der Waals surface area contributed by atoms with E-state index in [1.807, 2.05) is 44.2 Å². The van der Waals surface area contributed by atoms with Crippen LogP contribution in [0, 0.1) is 17.8 Å². The molecule has 2 amide bonds. The first-order valence-electron chi connectivity index (χ1n) is 15.7. The first kappa shape index (κ1) is 36.9. The van der Waals surface area contributed by atoms with Gasteiger partial charge >= 0.3 is 11.9 Å². The molecule has 1 unspecified atom stereocenters. The van der Waals surface area contributed by atoms with Crippen molar-refractivity contribution in [2.45, 2.75) is 105 Å². The molecule has 0 radical (unpaired) electrons. The van der Waals surface area contributed by atoms with E-state index in [1.54, 1.807) is 31.2 Å². The topological polar surface area (TPSA) is 115 Å². The van der Waals surface area contributed by atoms with Crippen LogP contribution in [0.4, 0.5) is 0 Å². The summed E-state index contributed by atoms with van der Waals surface area (Å²) >= 11 is 1.25. The number of amides is 2. The standard InChI is InChI=1S/C34H51N3O6S/c1-9-42-34(41)24(6)18-27(19-26-15-11-10-12-16-26)35-32(40)28-21-44-33(36-28)30(43-25(7)38)20-29(23(4)5)37(8)31(39)17-13-14-22(2)3/h10-12,15-16,21-24,27,29-30H,9,13-14,17-20H2,1-8H3,(H,35,40)/t24-,27+,29?,30+/m0/s1. The number of hydrogen-bond acceptors (Lipinski definition) is 8. The second-order valence-corrected chi connectivity index (χ2v) is 13.1. The molecule has 0 saturated heterocycles. The van der Waals surface area contributed by atoms with Crippen molar-refractivity contribution < 1.29 is 28.7 Å². The predicted molar refractivity (Wildman–Crippen MR) is 173 cm³/mol. The van der Waals surface area contributed by atoms with Gasteiger partial charge in [0, 0.05) is 44.3 Å². The summed E-state index contributed by atoms with van der Waals surface area (Å²) in [6.45, 7) is 13.6. The molecule has 0 aliphatic heterocycles. The number of esters is 2. The van der Waals surface area contributed by atoms with Crippen molar-refractivity contribution in [2.75, 3.05) is 13.7 Å². The van der Waals surface area contributed by atoms with E-state index in [0.29, 0.717) is 43.2 Å². The number of rotatable bonds is 18. The monoisotopic (exact) mass is 629 g/mol. The molecule has 0 spiro atoms. The highest BCUT2D eigenvalue weighted by atomic mass is 32.1. The van der Waals surface area contributed by atoms with Crippen LogP contribution in [0.25, 0.3) is 0 Å². The van der Waals surface area contributed by atoms with Crippen LogP contribution in [0.3, 0.4) is 0 Å². The van der Waals surface area contributed by atoms with Crippen molar-refractivity contribution in [3.05, 3.63) is 52.0 Å². The molecule has 2 aromatic rings. The van der Waals surface area contributed by atoms with Crippen LogP contribution in [0.2, 0.25) is 0 Å². The van der Waals surface area contributed by atoms with Crippen LogP contribution >= 0.6 is 11.3 Å². The van der Waals surface area contributed by atoms with Crippen molar-refractivity contribution in [1.29, 1.82) is 0 Å². The van der Waals surface area contributed by atoms with Gasteiger partial charge in [0.2, 0.25) is 5.91 Å². The molecule has 44 heavy (non-hydrogen) atoms. The minimum Gasteiger partial charge on any atom is -0.466 e. The van der Waals surface area contributed by atoms with Crippen LogP contribution in [0.15, 0.2) is 35.7 Å². The Kier molecular flexibility index (Phi) is 15.5. The van der Waals surface area contributed by atoms with Crippen molar-refractivity contribution in [3.8, 4) is 0 Å². The highest BCUT2D eigenvalue weighted by Gasteiger charge is 2.31. The van der Waals surface area contributed by atoms with Gasteiger partial charge in [0.1, 0.15) is 10.7 Å². The Morgan fingerprint density at radius 1 is 1.02 bits per heavy atom. The Morgan fingerprint density at radius 2 is 1.70 bits per heavy atom. The number of benzene rings is 1. The van der Waals surface area contributed by atoms with E-state index in [4.69, 9.17) is 9.47 Å². The molecule has 0 fully saturated rings. The average molecular weight is 630 g/mol. The largest absolute Gasteiger partial charge is 0.466 e. The molecule has 0 aliphatic rings. The normalized spacial score (nSPS) is 14.0. The Labute approximate surface area is 267 Å². The number of carbonyl (C=O) groups is 4. The van der Waals surface area contributed by atoms with E-state index < -0.39 is 18.0 Å². The summed E-state index contributed by atoms with van der Waals surface area (Å²) in [4.78, 5) is 57.2. The Balaban J connectivity index is 2.22. The Bertz CT molecular complexity index is 1200. The van der Waals surface area contributed by atoms with Crippen LogP contribution in [0.1, 0.15) is 108 Å². The second-order valence-electron chi connectivity index (χ2n) is 12.3. The summed E-state index contributed by atoms with van der Waals surface area (Å²) in [7, 11) is 1.80. The van der Waals surface area contributed by atoms with Gasteiger partial charge in [-0.15, -0.1) is 11.3 Å². The van der Waals surface area contributed by atoms with Crippen molar-refractivity contribution >= 4 is 35.1 Å². The number of hydrogen-bond donors (Lipinski definition) is 1. The molecular weight excluding hydrogens is 578 g/mol. The van der Waals surface area contributed by atoms with Crippen molar-refractivity contribution in [3.63, 3.8) is 0 Å². The highest BCUT2D eigenvalue weighted by Crippen LogP contribution is 2.31. The number of nitrogens with zero attached hydrogens (tertiary/aromatic N) is 2. The Hall–Kier alpha value is -3.27. The lowest BCUT2D eigenvalue weighted by Gasteiger charge is -2.33. The number of carbonyl (C=O) groups excluding carboxylic acids is 4. The molecule has 1 N–H and O–H groups in total. The third-order valence-corrected chi connectivity index (χ3v) is 8.55. The van der Waals surface area contributed by atoms with Gasteiger partial charge in [0.05, 0.1) is 12.5 Å². The third-order valence-electron chi connectivity index (χ3n) is 7.61. The van der Waals surface area contributed by atoms with Gasteiger partial charge in [-0.1, -0.05) is 71.4 Å². The van der Waals surface area contributed by atoms with Gasteiger partial charge in [-0.25, -0.2) is 4.98 Å². The quantitative estimate of drug-likeness (QED) is 0.190. The summed E-state index contributed by atoms with van der Waals surface area (Å²) in [6, 6.07) is 9.24. The van der Waals surface area contributed by atoms with Crippen molar-refractivity contribution in [1.82, 2.24) is 15.2 Å². The summed E-state index contributed by atoms with van der Waals surface area (Å²) in [5.74, 6) is -0.830. The summed E-state index contributed by atoms with van der Waals surface area (Å²) in [5.41, 5.74) is 1.24. The highest BCUT2D eigenvalue weighted by molar-refractivity contribution is 7.09. The molecule has 9 nitrogen and oxygen atoms in total. The molecule has 0 saturated carbocycles. The fourth-order valence-electron chi connectivity index (χ4n) is 5.22. The van der Waals surface area contributed by atoms with Gasteiger partial charge in [0.15, 0.2) is 6.10 Å². The van der Waals surface area contributed by atoms with Gasteiger partial charge in [-0.3, -0.25) is 19.2 Å². The maximum Gasteiger partial charge on any atom is 0.308 e. The van der Waals surface area contributed by atoms with Gasteiger partial charge < -0.3 is 19.7 Å². The van der Waals surface area contributed by atoms with Crippen molar-refractivity contribution in [2.24, 2.45) is 17.8 Å². The Morgan fingerprint density at radius 3 is 2.30 bits per heavy atom. The third kappa shape index (κ3) is 12.4. The van der Waals surface area contributed by atoms with E-state index in [2.05, 4.69) is 24.1 Å². The SMILES string of the molecule is CCOC(=O)[C@@H](C)C[C@H](Cc1ccccc1)NC(=O)c1csc([C@@H](CC(C(C)C)N(C)C(=O)CCCC(C)C)OC(C)=O)n1. The van der Waals surface area contributed by atoms with Crippen LogP contribution in [-0.4, -0.2) is 59.4 Å². The maximum atomic E-state index is 13.4. The smallest absolute Gasteiger partial charge is 0.308 e. The maximum absolute atomic E-state index is 13.4. The lowest BCUT2D eigenvalue weighted by Crippen LogP contribution is -2.41. The first-order chi connectivity index (χ1) is 20.8. The number of ether oxygens (including phenoxy) is 2. The predicted octanol–water partition coefficient (Wildman–Crippen LogP) is 6.38. The second kappa shape index (κ2) is 18.5. The summed E-state index contributed by atoms with van der Waals surface area (Å²) in [5, 5.41) is 5.21.